The molecule has 0 amide bonds. The van der Waals surface area contributed by atoms with E-state index in [2.05, 4.69) is 13.8 Å². The number of rotatable bonds is 0. The lowest BCUT2D eigenvalue weighted by Gasteiger charge is -2.46. The van der Waals surface area contributed by atoms with E-state index >= 15 is 0 Å². The highest BCUT2D eigenvalue weighted by molar-refractivity contribution is 5.77. The largest absolute Gasteiger partial charge is 0.469 e. The Morgan fingerprint density at radius 2 is 2.22 bits per heavy atom. The van der Waals surface area contributed by atoms with Crippen molar-refractivity contribution < 1.29 is 13.9 Å². The van der Waals surface area contributed by atoms with E-state index in [9.17, 15) is 4.79 Å². The van der Waals surface area contributed by atoms with E-state index < -0.39 is 0 Å². The molecule has 1 aromatic rings. The van der Waals surface area contributed by atoms with Crippen molar-refractivity contribution in [3.05, 3.63) is 23.2 Å². The molecule has 2 heterocycles. The van der Waals surface area contributed by atoms with Crippen LogP contribution < -0.4 is 0 Å². The van der Waals surface area contributed by atoms with Crippen LogP contribution in [0.15, 0.2) is 10.7 Å². The van der Waals surface area contributed by atoms with Crippen molar-refractivity contribution in [2.75, 3.05) is 0 Å². The van der Waals surface area contributed by atoms with Gasteiger partial charge in [-0.05, 0) is 31.2 Å². The van der Waals surface area contributed by atoms with E-state index in [0.717, 1.165) is 36.1 Å². The second kappa shape index (κ2) is 3.19. The first-order valence-corrected chi connectivity index (χ1v) is 6.89. The van der Waals surface area contributed by atoms with Crippen LogP contribution in [-0.4, -0.2) is 5.97 Å². The molecule has 0 N–H and O–H groups in total. The van der Waals surface area contributed by atoms with Gasteiger partial charge in [0.05, 0.1) is 12.2 Å². The first-order valence-electron chi connectivity index (χ1n) is 6.89. The lowest BCUT2D eigenvalue weighted by atomic mass is 9.55. The van der Waals surface area contributed by atoms with Crippen LogP contribution in [0.3, 0.4) is 0 Å². The number of aryl methyl sites for hydroxylation is 1. The van der Waals surface area contributed by atoms with Crippen molar-refractivity contribution >= 4 is 5.97 Å². The Kier molecular flexibility index (Phi) is 1.89. The van der Waals surface area contributed by atoms with Gasteiger partial charge in [-0.3, -0.25) is 4.79 Å². The molecule has 1 aliphatic heterocycles. The van der Waals surface area contributed by atoms with Gasteiger partial charge >= 0.3 is 5.97 Å². The summed E-state index contributed by atoms with van der Waals surface area (Å²) in [5.41, 5.74) is 2.29. The Morgan fingerprint density at radius 3 is 3.06 bits per heavy atom. The van der Waals surface area contributed by atoms with Gasteiger partial charge in [-0.1, -0.05) is 13.3 Å². The molecule has 4 atom stereocenters. The maximum Gasteiger partial charge on any atom is 0.310 e. The van der Waals surface area contributed by atoms with Crippen molar-refractivity contribution in [3.8, 4) is 0 Å². The zero-order valence-corrected chi connectivity index (χ0v) is 10.9. The summed E-state index contributed by atoms with van der Waals surface area (Å²) in [6.07, 6.45) is 6.05. The van der Waals surface area contributed by atoms with Crippen molar-refractivity contribution in [2.45, 2.75) is 45.6 Å². The molecular formula is C15H18O3. The molecule has 1 aromatic heterocycles. The summed E-state index contributed by atoms with van der Waals surface area (Å²) >= 11 is 0. The molecule has 4 rings (SSSR count). The highest BCUT2D eigenvalue weighted by Gasteiger charge is 2.62. The van der Waals surface area contributed by atoms with Crippen LogP contribution >= 0.6 is 0 Å². The zero-order valence-electron chi connectivity index (χ0n) is 10.9. The van der Waals surface area contributed by atoms with Crippen molar-refractivity contribution in [1.29, 1.82) is 0 Å². The monoisotopic (exact) mass is 246 g/mol. The highest BCUT2D eigenvalue weighted by Crippen LogP contribution is 2.63. The molecular weight excluding hydrogens is 228 g/mol. The van der Waals surface area contributed by atoms with Gasteiger partial charge in [0.25, 0.3) is 0 Å². The Labute approximate surface area is 106 Å². The molecule has 3 heteroatoms. The van der Waals surface area contributed by atoms with E-state index in [4.69, 9.17) is 9.15 Å². The van der Waals surface area contributed by atoms with E-state index in [1.165, 1.54) is 6.42 Å². The molecule has 18 heavy (non-hydrogen) atoms. The normalized spacial score (nSPS) is 41.2. The van der Waals surface area contributed by atoms with Gasteiger partial charge in [0.15, 0.2) is 0 Å². The van der Waals surface area contributed by atoms with Crippen LogP contribution in [0.25, 0.3) is 0 Å². The van der Waals surface area contributed by atoms with Crippen LogP contribution in [0.4, 0.5) is 0 Å². The second-order valence-electron chi connectivity index (χ2n) is 6.32. The van der Waals surface area contributed by atoms with E-state index in [-0.39, 0.29) is 23.4 Å². The fourth-order valence-corrected chi connectivity index (χ4v) is 4.50. The van der Waals surface area contributed by atoms with E-state index in [1.807, 2.05) is 6.26 Å². The Bertz CT molecular complexity index is 530. The number of carbonyl (C=O) groups is 1. The van der Waals surface area contributed by atoms with Gasteiger partial charge in [0.1, 0.15) is 11.9 Å². The van der Waals surface area contributed by atoms with Gasteiger partial charge in [-0.15, -0.1) is 0 Å². The van der Waals surface area contributed by atoms with Crippen LogP contribution in [0.2, 0.25) is 0 Å². The van der Waals surface area contributed by atoms with Gasteiger partial charge in [-0.2, -0.15) is 0 Å². The molecule has 0 spiro atoms. The van der Waals surface area contributed by atoms with E-state index in [0.29, 0.717) is 5.92 Å². The molecule has 3 aliphatic rings. The lowest BCUT2D eigenvalue weighted by Crippen LogP contribution is -2.44. The zero-order chi connectivity index (χ0) is 12.5. The van der Waals surface area contributed by atoms with Gasteiger partial charge < -0.3 is 9.15 Å². The molecule has 1 saturated heterocycles. The Balaban J connectivity index is 1.93. The van der Waals surface area contributed by atoms with E-state index in [1.54, 1.807) is 0 Å². The third-order valence-corrected chi connectivity index (χ3v) is 5.56. The second-order valence-corrected chi connectivity index (χ2v) is 6.32. The summed E-state index contributed by atoms with van der Waals surface area (Å²) in [7, 11) is 0. The summed E-state index contributed by atoms with van der Waals surface area (Å²) < 4.78 is 11.4. The quantitative estimate of drug-likeness (QED) is 0.660. The Hall–Kier alpha value is -1.25. The minimum atomic E-state index is -0.0669. The summed E-state index contributed by atoms with van der Waals surface area (Å²) in [5, 5.41) is 0. The van der Waals surface area contributed by atoms with Gasteiger partial charge in [0.2, 0.25) is 0 Å². The van der Waals surface area contributed by atoms with Crippen molar-refractivity contribution in [3.63, 3.8) is 0 Å². The number of hydrogen-bond acceptors (Lipinski definition) is 3. The van der Waals surface area contributed by atoms with Crippen molar-refractivity contribution in [1.82, 2.24) is 0 Å². The molecule has 2 fully saturated rings. The minimum Gasteiger partial charge on any atom is -0.469 e. The summed E-state index contributed by atoms with van der Waals surface area (Å²) in [6, 6.07) is 0. The van der Waals surface area contributed by atoms with Crippen molar-refractivity contribution in [2.24, 2.45) is 17.3 Å². The highest BCUT2D eigenvalue weighted by atomic mass is 16.6. The molecule has 3 nitrogen and oxygen atoms in total. The number of hydrogen-bond donors (Lipinski definition) is 0. The summed E-state index contributed by atoms with van der Waals surface area (Å²) in [6.45, 7) is 4.31. The number of furan rings is 1. The average Bonchev–Trinajstić information content (AvgIpc) is 2.81. The fraction of sp³-hybridized carbons (Fsp3) is 0.667. The third kappa shape index (κ3) is 1.04. The van der Waals surface area contributed by atoms with Crippen LogP contribution in [0.5, 0.6) is 0 Å². The SMILES string of the molecule is Cc1coc2c1[C@@H]1OC(=O)[C@@H]3CCC[C@H](C2)[C@@]31C. The fourth-order valence-electron chi connectivity index (χ4n) is 4.50. The van der Waals surface area contributed by atoms with Crippen LogP contribution in [0, 0.1) is 24.2 Å². The average molecular weight is 246 g/mol. The maximum absolute atomic E-state index is 12.1. The Morgan fingerprint density at radius 1 is 1.39 bits per heavy atom. The number of esters is 1. The van der Waals surface area contributed by atoms with Gasteiger partial charge in [0, 0.05) is 17.4 Å². The predicted octanol–water partition coefficient (Wildman–Crippen LogP) is 3.16. The third-order valence-electron chi connectivity index (χ3n) is 5.56. The minimum absolute atomic E-state index is 0.00301. The summed E-state index contributed by atoms with van der Waals surface area (Å²) in [4.78, 5) is 12.1. The number of carbonyl (C=O) groups excluding carboxylic acids is 1. The number of fused-ring (bicyclic) bond motifs is 2. The molecule has 0 radical (unpaired) electrons. The molecule has 0 aromatic carbocycles. The molecule has 96 valence electrons. The topological polar surface area (TPSA) is 39.4 Å². The smallest absolute Gasteiger partial charge is 0.310 e. The van der Waals surface area contributed by atoms with Crippen LogP contribution in [-0.2, 0) is 16.0 Å². The number of ether oxygens (including phenoxy) is 1. The first-order chi connectivity index (χ1) is 8.62. The summed E-state index contributed by atoms with van der Waals surface area (Å²) in [5.74, 6) is 1.70. The maximum atomic E-state index is 12.1. The molecule has 0 bridgehead atoms. The molecule has 1 saturated carbocycles. The predicted molar refractivity (Wildman–Crippen MR) is 64.9 cm³/mol. The first kappa shape index (κ1) is 10.7. The van der Waals surface area contributed by atoms with Crippen LogP contribution in [0.1, 0.15) is 49.2 Å². The standard InChI is InChI=1S/C15H18O3/c1-8-7-17-11-6-9-4-3-5-10-14(16)18-13(12(8)11)15(9,10)2/h7,9-10,13H,3-6H2,1-2H3/t9-,10+,13+,15+/m1/s1. The molecule has 0 unspecified atom stereocenters. The molecule has 2 aliphatic carbocycles. The lowest BCUT2D eigenvalue weighted by molar-refractivity contribution is -0.144. The van der Waals surface area contributed by atoms with Gasteiger partial charge in [-0.25, -0.2) is 0 Å².